The number of aryl methyl sites for hydroxylation is 1. The van der Waals surface area contributed by atoms with Crippen LogP contribution in [0.1, 0.15) is 42.7 Å². The number of sulfonamides is 1. The van der Waals surface area contributed by atoms with Crippen LogP contribution in [-0.2, 0) is 21.2 Å². The molecule has 1 aromatic carbocycles. The van der Waals surface area contributed by atoms with E-state index < -0.39 is 10.0 Å². The summed E-state index contributed by atoms with van der Waals surface area (Å²) in [4.78, 5) is 12.5. The van der Waals surface area contributed by atoms with Gasteiger partial charge in [0.2, 0.25) is 21.1 Å². The summed E-state index contributed by atoms with van der Waals surface area (Å²) in [6.45, 7) is 2.13. The van der Waals surface area contributed by atoms with E-state index in [1.54, 1.807) is 24.3 Å². The van der Waals surface area contributed by atoms with Crippen molar-refractivity contribution < 1.29 is 13.2 Å². The molecule has 7 nitrogen and oxygen atoms in total. The lowest BCUT2D eigenvalue weighted by atomic mass is 9.89. The topological polar surface area (TPSA) is 101 Å². The number of hydrogen-bond acceptors (Lipinski definition) is 6. The Balaban J connectivity index is 1.49. The van der Waals surface area contributed by atoms with Gasteiger partial charge in [-0.25, -0.2) is 13.1 Å². The van der Waals surface area contributed by atoms with Gasteiger partial charge in [0.25, 0.3) is 0 Å². The number of anilines is 1. The first-order valence-electron chi connectivity index (χ1n) is 9.13. The monoisotopic (exact) mass is 408 g/mol. The molecule has 0 saturated heterocycles. The molecule has 9 heteroatoms. The largest absolute Gasteiger partial charge is 0.300 e. The molecule has 0 aliphatic heterocycles. The molecule has 1 saturated carbocycles. The third-order valence-corrected chi connectivity index (χ3v) is 7.01. The van der Waals surface area contributed by atoms with E-state index in [1.165, 1.54) is 17.8 Å². The Bertz CT molecular complexity index is 872. The summed E-state index contributed by atoms with van der Waals surface area (Å²) in [5.74, 6) is 0.0740. The maximum atomic E-state index is 12.3. The first kappa shape index (κ1) is 19.9. The molecule has 1 aliphatic carbocycles. The molecule has 1 aliphatic rings. The van der Waals surface area contributed by atoms with Crippen molar-refractivity contribution in [2.75, 3.05) is 11.9 Å². The van der Waals surface area contributed by atoms with E-state index in [9.17, 15) is 13.2 Å². The minimum Gasteiger partial charge on any atom is -0.300 e. The number of rotatable bonds is 7. The molecule has 2 N–H and O–H groups in total. The molecular weight excluding hydrogens is 384 g/mol. The lowest BCUT2D eigenvalue weighted by Crippen LogP contribution is -2.26. The van der Waals surface area contributed by atoms with Crippen molar-refractivity contribution >= 4 is 32.4 Å². The Kier molecular flexibility index (Phi) is 6.56. The van der Waals surface area contributed by atoms with Crippen LogP contribution >= 0.6 is 11.3 Å². The zero-order valence-corrected chi connectivity index (χ0v) is 16.9. The minimum absolute atomic E-state index is 0.0115. The smallest absolute Gasteiger partial charge is 0.240 e. The van der Waals surface area contributed by atoms with E-state index in [0.717, 1.165) is 31.2 Å². The van der Waals surface area contributed by atoms with Crippen LogP contribution in [0, 0.1) is 12.8 Å². The van der Waals surface area contributed by atoms with Gasteiger partial charge in [0.15, 0.2) is 0 Å². The van der Waals surface area contributed by atoms with Crippen LogP contribution in [0.4, 0.5) is 5.13 Å². The number of carbonyl (C=O) groups excluding carboxylic acids is 1. The van der Waals surface area contributed by atoms with Crippen LogP contribution in [-0.4, -0.2) is 31.1 Å². The van der Waals surface area contributed by atoms with Crippen molar-refractivity contribution in [1.29, 1.82) is 0 Å². The highest BCUT2D eigenvalue weighted by Gasteiger charge is 2.22. The second kappa shape index (κ2) is 8.90. The predicted molar refractivity (Wildman–Crippen MR) is 105 cm³/mol. The normalized spacial score (nSPS) is 15.6. The summed E-state index contributed by atoms with van der Waals surface area (Å²) >= 11 is 1.28. The highest BCUT2D eigenvalue weighted by molar-refractivity contribution is 7.89. The fourth-order valence-electron chi connectivity index (χ4n) is 3.07. The molecular formula is C18H24N4O3S2. The molecule has 1 amide bonds. The average Bonchev–Trinajstić information content (AvgIpc) is 3.10. The Morgan fingerprint density at radius 3 is 2.56 bits per heavy atom. The van der Waals surface area contributed by atoms with Crippen molar-refractivity contribution in [3.8, 4) is 0 Å². The molecule has 1 fully saturated rings. The summed E-state index contributed by atoms with van der Waals surface area (Å²) in [5.41, 5.74) is 1.01. The van der Waals surface area contributed by atoms with Crippen molar-refractivity contribution in [2.45, 2.75) is 50.3 Å². The molecule has 27 heavy (non-hydrogen) atoms. The van der Waals surface area contributed by atoms with E-state index in [4.69, 9.17) is 0 Å². The first-order valence-corrected chi connectivity index (χ1v) is 11.4. The van der Waals surface area contributed by atoms with Crippen molar-refractivity contribution in [3.63, 3.8) is 0 Å². The molecule has 0 unspecified atom stereocenters. The van der Waals surface area contributed by atoms with Crippen LogP contribution in [0.5, 0.6) is 0 Å². The van der Waals surface area contributed by atoms with Crippen LogP contribution in [0.3, 0.4) is 0 Å². The van der Waals surface area contributed by atoms with Gasteiger partial charge in [-0.15, -0.1) is 10.2 Å². The molecule has 2 aromatic rings. The number of benzene rings is 1. The molecule has 1 heterocycles. The Morgan fingerprint density at radius 1 is 1.15 bits per heavy atom. The number of hydrogen-bond donors (Lipinski definition) is 2. The SMILES string of the molecule is Cc1ccc(S(=O)(=O)NCCc2nnc(NC(=O)C3CCCCC3)s2)cc1. The maximum absolute atomic E-state index is 12.3. The number of aromatic nitrogens is 2. The number of carbonyl (C=O) groups is 1. The van der Waals surface area contributed by atoms with Gasteiger partial charge >= 0.3 is 0 Å². The lowest BCUT2D eigenvalue weighted by molar-refractivity contribution is -0.120. The van der Waals surface area contributed by atoms with Gasteiger partial charge in [0.05, 0.1) is 4.90 Å². The summed E-state index contributed by atoms with van der Waals surface area (Å²) < 4.78 is 27.1. The van der Waals surface area contributed by atoms with E-state index in [0.29, 0.717) is 16.6 Å². The number of nitrogens with one attached hydrogen (secondary N) is 2. The fourth-order valence-corrected chi connectivity index (χ4v) is 4.84. The summed E-state index contributed by atoms with van der Waals surface area (Å²) in [6.07, 6.45) is 5.67. The molecule has 1 aromatic heterocycles. The highest BCUT2D eigenvalue weighted by atomic mass is 32.2. The molecule has 146 valence electrons. The van der Waals surface area contributed by atoms with Crippen LogP contribution in [0.2, 0.25) is 0 Å². The summed E-state index contributed by atoms with van der Waals surface area (Å²) in [6, 6.07) is 6.70. The standard InChI is InChI=1S/C18H24N4O3S2/c1-13-7-9-15(10-8-13)27(24,25)19-12-11-16-21-22-18(26-16)20-17(23)14-5-3-2-4-6-14/h7-10,14,19H,2-6,11-12H2,1H3,(H,20,22,23). The van der Waals surface area contributed by atoms with E-state index in [1.807, 2.05) is 6.92 Å². The molecule has 3 rings (SSSR count). The highest BCUT2D eigenvalue weighted by Crippen LogP contribution is 2.25. The van der Waals surface area contributed by atoms with Crippen molar-refractivity contribution in [3.05, 3.63) is 34.8 Å². The second-order valence-corrected chi connectivity index (χ2v) is 9.61. The van der Waals surface area contributed by atoms with Gasteiger partial charge in [-0.3, -0.25) is 4.79 Å². The maximum Gasteiger partial charge on any atom is 0.240 e. The van der Waals surface area contributed by atoms with Gasteiger partial charge in [0.1, 0.15) is 5.01 Å². The zero-order valence-electron chi connectivity index (χ0n) is 15.3. The van der Waals surface area contributed by atoms with Gasteiger partial charge in [0, 0.05) is 18.9 Å². The van der Waals surface area contributed by atoms with E-state index >= 15 is 0 Å². The zero-order chi connectivity index (χ0) is 19.3. The Hall–Kier alpha value is -1.84. The molecule has 0 radical (unpaired) electrons. The lowest BCUT2D eigenvalue weighted by Gasteiger charge is -2.19. The van der Waals surface area contributed by atoms with Crippen molar-refractivity contribution in [1.82, 2.24) is 14.9 Å². The molecule has 0 atom stereocenters. The van der Waals surface area contributed by atoms with Crippen molar-refractivity contribution in [2.24, 2.45) is 5.92 Å². The van der Waals surface area contributed by atoms with Crippen LogP contribution < -0.4 is 10.0 Å². The first-order chi connectivity index (χ1) is 12.9. The molecule has 0 spiro atoms. The third-order valence-electron chi connectivity index (χ3n) is 4.64. The van der Waals surface area contributed by atoms with Crippen LogP contribution in [0.25, 0.3) is 0 Å². The van der Waals surface area contributed by atoms with Crippen LogP contribution in [0.15, 0.2) is 29.2 Å². The van der Waals surface area contributed by atoms with Gasteiger partial charge in [-0.05, 0) is 31.9 Å². The van der Waals surface area contributed by atoms with E-state index in [2.05, 4.69) is 20.2 Å². The Morgan fingerprint density at radius 2 is 1.85 bits per heavy atom. The van der Waals surface area contributed by atoms with Gasteiger partial charge < -0.3 is 5.32 Å². The summed E-state index contributed by atoms with van der Waals surface area (Å²) in [7, 11) is -3.54. The number of nitrogens with zero attached hydrogens (tertiary/aromatic N) is 2. The average molecular weight is 409 g/mol. The second-order valence-electron chi connectivity index (χ2n) is 6.79. The fraction of sp³-hybridized carbons (Fsp3) is 0.500. The minimum atomic E-state index is -3.54. The molecule has 0 bridgehead atoms. The van der Waals surface area contributed by atoms with E-state index in [-0.39, 0.29) is 23.3 Å². The number of amides is 1. The third kappa shape index (κ3) is 5.57. The van der Waals surface area contributed by atoms with Gasteiger partial charge in [-0.1, -0.05) is 48.3 Å². The van der Waals surface area contributed by atoms with Gasteiger partial charge in [-0.2, -0.15) is 0 Å². The Labute approximate surface area is 163 Å². The summed E-state index contributed by atoms with van der Waals surface area (Å²) in [5, 5.41) is 12.0. The quantitative estimate of drug-likeness (QED) is 0.734. The predicted octanol–water partition coefficient (Wildman–Crippen LogP) is 2.89.